The molecule has 2 aromatic heterocycles. The van der Waals surface area contributed by atoms with Crippen molar-refractivity contribution in [2.24, 2.45) is 0 Å². The van der Waals surface area contributed by atoms with E-state index in [4.69, 9.17) is 9.83 Å². The van der Waals surface area contributed by atoms with Gasteiger partial charge < -0.3 is 18.7 Å². The summed E-state index contributed by atoms with van der Waals surface area (Å²) in [6.07, 6.45) is 0.749. The van der Waals surface area contributed by atoms with Crippen molar-refractivity contribution in [3.8, 4) is 0 Å². The number of aromatic nitrogens is 2. The van der Waals surface area contributed by atoms with E-state index in [-0.39, 0.29) is 12.0 Å². The van der Waals surface area contributed by atoms with Crippen molar-refractivity contribution in [3.05, 3.63) is 89.4 Å². The van der Waals surface area contributed by atoms with E-state index in [1.54, 1.807) is 18.4 Å². The molecule has 2 heterocycles. The predicted molar refractivity (Wildman–Crippen MR) is 114 cm³/mol. The Hall–Kier alpha value is -3.05. The lowest BCUT2D eigenvalue weighted by atomic mass is 9.87. The Bertz CT molecular complexity index is 1160. The third-order valence-corrected chi connectivity index (χ3v) is 5.36. The zero-order valence-corrected chi connectivity index (χ0v) is 17.1. The second-order valence-corrected chi connectivity index (χ2v) is 8.49. The van der Waals surface area contributed by atoms with Gasteiger partial charge in [-0.25, -0.2) is 0 Å². The summed E-state index contributed by atoms with van der Waals surface area (Å²) in [7, 11) is 0. The Kier molecular flexibility index (Phi) is 4.92. The number of nitrogens with zero attached hydrogens (tertiary/aromatic N) is 2. The lowest BCUT2D eigenvalue weighted by molar-refractivity contribution is 0.130. The molecule has 4 aromatic rings. The SMILES string of the molecule is CC(C)(C)c1ccc(Cn2c(=N)n(C[C@H](O)c3ccco3)c3ccccc32)cc1. The molecule has 2 aromatic carbocycles. The summed E-state index contributed by atoms with van der Waals surface area (Å²) < 4.78 is 9.15. The molecule has 0 aliphatic rings. The minimum atomic E-state index is -0.801. The van der Waals surface area contributed by atoms with E-state index < -0.39 is 6.10 Å². The summed E-state index contributed by atoms with van der Waals surface area (Å²) in [6, 6.07) is 20.1. The van der Waals surface area contributed by atoms with Crippen LogP contribution in [0.1, 0.15) is 43.8 Å². The van der Waals surface area contributed by atoms with Crippen molar-refractivity contribution in [2.75, 3.05) is 0 Å². The number of aliphatic hydroxyl groups is 1. The van der Waals surface area contributed by atoms with Crippen molar-refractivity contribution >= 4 is 11.0 Å². The lowest BCUT2D eigenvalue weighted by Gasteiger charge is -2.19. The molecule has 0 saturated heterocycles. The molecule has 0 radical (unpaired) electrons. The zero-order chi connectivity index (χ0) is 20.6. The molecule has 0 bridgehead atoms. The molecule has 150 valence electrons. The maximum absolute atomic E-state index is 10.5. The third-order valence-electron chi connectivity index (χ3n) is 5.36. The summed E-state index contributed by atoms with van der Waals surface area (Å²) in [5.74, 6) is 0.506. The largest absolute Gasteiger partial charge is 0.467 e. The van der Waals surface area contributed by atoms with Crippen molar-refractivity contribution in [2.45, 2.75) is 45.4 Å². The number of aliphatic hydroxyl groups excluding tert-OH is 1. The normalized spacial score (nSPS) is 13.1. The lowest BCUT2D eigenvalue weighted by Crippen LogP contribution is -2.27. The first-order valence-corrected chi connectivity index (χ1v) is 9.88. The van der Waals surface area contributed by atoms with Gasteiger partial charge in [-0.3, -0.25) is 5.41 Å². The molecule has 29 heavy (non-hydrogen) atoms. The fourth-order valence-electron chi connectivity index (χ4n) is 3.68. The monoisotopic (exact) mass is 389 g/mol. The van der Waals surface area contributed by atoms with Crippen LogP contribution in [0.5, 0.6) is 0 Å². The van der Waals surface area contributed by atoms with Crippen LogP contribution in [-0.2, 0) is 18.5 Å². The first kappa shape index (κ1) is 19.3. The van der Waals surface area contributed by atoms with Gasteiger partial charge in [0.05, 0.1) is 30.4 Å². The summed E-state index contributed by atoms with van der Waals surface area (Å²) >= 11 is 0. The van der Waals surface area contributed by atoms with E-state index in [1.165, 1.54) is 5.56 Å². The van der Waals surface area contributed by atoms with E-state index in [0.717, 1.165) is 16.6 Å². The highest BCUT2D eigenvalue weighted by Gasteiger charge is 2.17. The van der Waals surface area contributed by atoms with E-state index in [0.29, 0.717) is 17.9 Å². The average molecular weight is 389 g/mol. The second kappa shape index (κ2) is 7.41. The van der Waals surface area contributed by atoms with Gasteiger partial charge in [-0.05, 0) is 40.8 Å². The molecule has 1 atom stereocenters. The van der Waals surface area contributed by atoms with E-state index in [1.807, 2.05) is 33.4 Å². The fraction of sp³-hybridized carbons (Fsp3) is 0.292. The quantitative estimate of drug-likeness (QED) is 0.524. The average Bonchev–Trinajstić information content (AvgIpc) is 3.31. The van der Waals surface area contributed by atoms with Crippen molar-refractivity contribution < 1.29 is 9.52 Å². The van der Waals surface area contributed by atoms with Crippen LogP contribution in [0, 0.1) is 5.41 Å². The van der Waals surface area contributed by atoms with Gasteiger partial charge in [-0.1, -0.05) is 57.2 Å². The summed E-state index contributed by atoms with van der Waals surface area (Å²) in [4.78, 5) is 0. The topological polar surface area (TPSA) is 67.1 Å². The molecule has 0 spiro atoms. The Balaban J connectivity index is 1.70. The number of furan rings is 1. The molecule has 5 nitrogen and oxygen atoms in total. The van der Waals surface area contributed by atoms with Crippen LogP contribution in [0.4, 0.5) is 0 Å². The van der Waals surface area contributed by atoms with Gasteiger partial charge >= 0.3 is 0 Å². The van der Waals surface area contributed by atoms with E-state index in [2.05, 4.69) is 45.0 Å². The van der Waals surface area contributed by atoms with Crippen molar-refractivity contribution in [3.63, 3.8) is 0 Å². The maximum Gasteiger partial charge on any atom is 0.203 e. The molecule has 0 aliphatic carbocycles. The molecule has 0 saturated carbocycles. The highest BCUT2D eigenvalue weighted by atomic mass is 16.4. The number of rotatable bonds is 5. The van der Waals surface area contributed by atoms with E-state index in [9.17, 15) is 5.11 Å². The van der Waals surface area contributed by atoms with Gasteiger partial charge in [-0.2, -0.15) is 0 Å². The molecule has 2 N–H and O–H groups in total. The molecule has 0 fully saturated rings. The van der Waals surface area contributed by atoms with Gasteiger partial charge in [0.2, 0.25) is 5.62 Å². The number of imidazole rings is 1. The smallest absolute Gasteiger partial charge is 0.203 e. The summed E-state index contributed by atoms with van der Waals surface area (Å²) in [5, 5.41) is 19.3. The Morgan fingerprint density at radius 3 is 2.17 bits per heavy atom. The zero-order valence-electron chi connectivity index (χ0n) is 17.1. The Morgan fingerprint density at radius 2 is 1.59 bits per heavy atom. The van der Waals surface area contributed by atoms with Crippen LogP contribution in [0.15, 0.2) is 71.3 Å². The van der Waals surface area contributed by atoms with Crippen LogP contribution >= 0.6 is 0 Å². The number of hydrogen-bond acceptors (Lipinski definition) is 3. The van der Waals surface area contributed by atoms with Crippen LogP contribution in [-0.4, -0.2) is 14.2 Å². The molecule has 4 rings (SSSR count). The minimum absolute atomic E-state index is 0.115. The molecular weight excluding hydrogens is 362 g/mol. The maximum atomic E-state index is 10.5. The van der Waals surface area contributed by atoms with Gasteiger partial charge in [0.25, 0.3) is 0 Å². The summed E-state index contributed by atoms with van der Waals surface area (Å²) in [5.41, 5.74) is 4.81. The minimum Gasteiger partial charge on any atom is -0.467 e. The highest BCUT2D eigenvalue weighted by Crippen LogP contribution is 2.23. The number of nitrogens with one attached hydrogen (secondary N) is 1. The highest BCUT2D eigenvalue weighted by molar-refractivity contribution is 5.76. The molecule has 0 amide bonds. The third kappa shape index (κ3) is 3.78. The molecule has 0 unspecified atom stereocenters. The number of hydrogen-bond donors (Lipinski definition) is 2. The van der Waals surface area contributed by atoms with Crippen molar-refractivity contribution in [1.82, 2.24) is 9.13 Å². The predicted octanol–water partition coefficient (Wildman–Crippen LogP) is 4.59. The van der Waals surface area contributed by atoms with Crippen LogP contribution in [0.3, 0.4) is 0 Å². The number of para-hydroxylation sites is 2. The second-order valence-electron chi connectivity index (χ2n) is 8.49. The van der Waals surface area contributed by atoms with Gasteiger partial charge in [0.1, 0.15) is 11.9 Å². The number of fused-ring (bicyclic) bond motifs is 1. The molecule has 0 aliphatic heterocycles. The number of benzene rings is 2. The van der Waals surface area contributed by atoms with Crippen LogP contribution < -0.4 is 5.62 Å². The Morgan fingerprint density at radius 1 is 0.931 bits per heavy atom. The van der Waals surface area contributed by atoms with Gasteiger partial charge in [0.15, 0.2) is 0 Å². The first-order chi connectivity index (χ1) is 13.8. The fourth-order valence-corrected chi connectivity index (χ4v) is 3.68. The standard InChI is InChI=1S/C24H27N3O2/c1-24(2,3)18-12-10-17(11-13-18)15-26-19-7-4-5-8-20(19)27(23(26)25)16-21(28)22-9-6-14-29-22/h4-14,21,25,28H,15-16H2,1-3H3/t21-/m0/s1. The van der Waals surface area contributed by atoms with Gasteiger partial charge in [0, 0.05) is 0 Å². The summed E-state index contributed by atoms with van der Waals surface area (Å²) in [6.45, 7) is 7.49. The molecule has 5 heteroatoms. The van der Waals surface area contributed by atoms with Crippen molar-refractivity contribution in [1.29, 1.82) is 5.41 Å². The Labute approximate surface area is 170 Å². The van der Waals surface area contributed by atoms with Crippen LogP contribution in [0.25, 0.3) is 11.0 Å². The van der Waals surface area contributed by atoms with Crippen LogP contribution in [0.2, 0.25) is 0 Å². The van der Waals surface area contributed by atoms with E-state index >= 15 is 0 Å². The van der Waals surface area contributed by atoms with Gasteiger partial charge in [-0.15, -0.1) is 0 Å². The molecular formula is C24H27N3O2. The first-order valence-electron chi connectivity index (χ1n) is 9.88.